The number of rotatable bonds is 3. The van der Waals surface area contributed by atoms with Crippen molar-refractivity contribution in [2.45, 2.75) is 38.6 Å². The number of aliphatic carboxylic acids is 1. The summed E-state index contributed by atoms with van der Waals surface area (Å²) in [5.41, 5.74) is -0.517. The molecule has 3 heteroatoms. The summed E-state index contributed by atoms with van der Waals surface area (Å²) < 4.78 is 1.99. The molecule has 0 aromatic carbocycles. The zero-order valence-electron chi connectivity index (χ0n) is 8.85. The van der Waals surface area contributed by atoms with Crippen LogP contribution in [0.25, 0.3) is 0 Å². The second-order valence-electron chi connectivity index (χ2n) is 4.50. The Bertz CT molecular complexity index is 323. The standard InChI is InChI=1S/C12H17NO2/c14-11(15)12(6-2-1-3-7-12)10-13-8-4-5-9-13/h4-5,8-9H,1-3,6-7,10H2,(H,14,15). The Hall–Kier alpha value is -1.25. The molecule has 0 bridgehead atoms. The molecule has 1 fully saturated rings. The van der Waals surface area contributed by atoms with Gasteiger partial charge in [0.05, 0.1) is 5.41 Å². The fourth-order valence-electron chi connectivity index (χ4n) is 2.49. The zero-order chi connectivity index (χ0) is 10.7. The van der Waals surface area contributed by atoms with Crippen LogP contribution in [0.4, 0.5) is 0 Å². The largest absolute Gasteiger partial charge is 0.481 e. The molecule has 1 aromatic heterocycles. The Balaban J connectivity index is 2.15. The van der Waals surface area contributed by atoms with Crippen molar-refractivity contribution < 1.29 is 9.90 Å². The molecular weight excluding hydrogens is 190 g/mol. The topological polar surface area (TPSA) is 42.2 Å². The van der Waals surface area contributed by atoms with E-state index in [0.717, 1.165) is 25.7 Å². The summed E-state index contributed by atoms with van der Waals surface area (Å²) in [7, 11) is 0. The highest BCUT2D eigenvalue weighted by Crippen LogP contribution is 2.38. The Kier molecular flexibility index (Phi) is 2.80. The number of carbonyl (C=O) groups is 1. The molecule has 2 rings (SSSR count). The van der Waals surface area contributed by atoms with Crippen LogP contribution in [0, 0.1) is 5.41 Å². The fraction of sp³-hybridized carbons (Fsp3) is 0.583. The van der Waals surface area contributed by atoms with Gasteiger partial charge in [-0.2, -0.15) is 0 Å². The number of carboxylic acids is 1. The molecule has 0 aliphatic heterocycles. The summed E-state index contributed by atoms with van der Waals surface area (Å²) in [4.78, 5) is 11.4. The van der Waals surface area contributed by atoms with Gasteiger partial charge in [-0.05, 0) is 25.0 Å². The third kappa shape index (κ3) is 2.06. The van der Waals surface area contributed by atoms with E-state index in [0.29, 0.717) is 6.54 Å². The Morgan fingerprint density at radius 1 is 1.20 bits per heavy atom. The van der Waals surface area contributed by atoms with Gasteiger partial charge in [-0.1, -0.05) is 19.3 Å². The monoisotopic (exact) mass is 207 g/mol. The van der Waals surface area contributed by atoms with E-state index in [-0.39, 0.29) is 0 Å². The lowest BCUT2D eigenvalue weighted by Crippen LogP contribution is -2.37. The van der Waals surface area contributed by atoms with Crippen LogP contribution < -0.4 is 0 Å². The highest BCUT2D eigenvalue weighted by Gasteiger charge is 2.39. The van der Waals surface area contributed by atoms with Crippen molar-refractivity contribution >= 4 is 5.97 Å². The van der Waals surface area contributed by atoms with Gasteiger partial charge in [0.15, 0.2) is 0 Å². The van der Waals surface area contributed by atoms with Crippen molar-refractivity contribution in [3.05, 3.63) is 24.5 Å². The van der Waals surface area contributed by atoms with Gasteiger partial charge in [-0.25, -0.2) is 0 Å². The van der Waals surface area contributed by atoms with E-state index < -0.39 is 11.4 Å². The lowest BCUT2D eigenvalue weighted by Gasteiger charge is -2.33. The second-order valence-corrected chi connectivity index (χ2v) is 4.50. The van der Waals surface area contributed by atoms with Gasteiger partial charge in [0.1, 0.15) is 0 Å². The molecule has 0 atom stereocenters. The molecule has 1 heterocycles. The summed E-state index contributed by atoms with van der Waals surface area (Å²) in [6.07, 6.45) is 8.81. The van der Waals surface area contributed by atoms with E-state index in [1.807, 2.05) is 29.1 Å². The molecular formula is C12H17NO2. The van der Waals surface area contributed by atoms with E-state index in [2.05, 4.69) is 0 Å². The van der Waals surface area contributed by atoms with Crippen LogP contribution in [-0.4, -0.2) is 15.6 Å². The van der Waals surface area contributed by atoms with Gasteiger partial charge in [0.2, 0.25) is 0 Å². The number of carboxylic acid groups (broad SMARTS) is 1. The first-order valence-corrected chi connectivity index (χ1v) is 5.57. The molecule has 1 N–H and O–H groups in total. The molecule has 0 spiro atoms. The van der Waals surface area contributed by atoms with Crippen LogP contribution in [0.2, 0.25) is 0 Å². The van der Waals surface area contributed by atoms with E-state index >= 15 is 0 Å². The Labute approximate surface area is 89.7 Å². The third-order valence-electron chi connectivity index (χ3n) is 3.42. The Morgan fingerprint density at radius 3 is 2.33 bits per heavy atom. The van der Waals surface area contributed by atoms with Crippen LogP contribution in [0.5, 0.6) is 0 Å². The minimum atomic E-state index is -0.629. The SMILES string of the molecule is O=C(O)C1(Cn2cccc2)CCCCC1. The minimum Gasteiger partial charge on any atom is -0.481 e. The van der Waals surface area contributed by atoms with Crippen LogP contribution in [0.15, 0.2) is 24.5 Å². The van der Waals surface area contributed by atoms with Crippen molar-refractivity contribution in [3.63, 3.8) is 0 Å². The summed E-state index contributed by atoms with van der Waals surface area (Å²) in [5.74, 6) is -0.629. The summed E-state index contributed by atoms with van der Waals surface area (Å²) >= 11 is 0. The quantitative estimate of drug-likeness (QED) is 0.827. The van der Waals surface area contributed by atoms with Crippen LogP contribution in [-0.2, 0) is 11.3 Å². The van der Waals surface area contributed by atoms with Crippen molar-refractivity contribution in [2.75, 3.05) is 0 Å². The number of hydrogen-bond donors (Lipinski definition) is 1. The van der Waals surface area contributed by atoms with Gasteiger partial charge in [0, 0.05) is 18.9 Å². The molecule has 1 aromatic rings. The van der Waals surface area contributed by atoms with Crippen molar-refractivity contribution in [1.82, 2.24) is 4.57 Å². The first-order valence-electron chi connectivity index (χ1n) is 5.57. The highest BCUT2D eigenvalue weighted by atomic mass is 16.4. The van der Waals surface area contributed by atoms with E-state index in [1.165, 1.54) is 6.42 Å². The van der Waals surface area contributed by atoms with Gasteiger partial charge in [-0.15, -0.1) is 0 Å². The molecule has 1 aliphatic rings. The molecule has 15 heavy (non-hydrogen) atoms. The normalized spacial score (nSPS) is 20.0. The fourth-order valence-corrected chi connectivity index (χ4v) is 2.49. The lowest BCUT2D eigenvalue weighted by atomic mass is 9.74. The van der Waals surface area contributed by atoms with E-state index in [4.69, 9.17) is 0 Å². The maximum atomic E-state index is 11.4. The zero-order valence-corrected chi connectivity index (χ0v) is 8.85. The maximum Gasteiger partial charge on any atom is 0.311 e. The highest BCUT2D eigenvalue weighted by molar-refractivity contribution is 5.74. The summed E-state index contributed by atoms with van der Waals surface area (Å²) in [6.45, 7) is 0.620. The molecule has 3 nitrogen and oxygen atoms in total. The molecule has 0 amide bonds. The van der Waals surface area contributed by atoms with Gasteiger partial charge in [0.25, 0.3) is 0 Å². The average Bonchev–Trinajstić information content (AvgIpc) is 2.71. The predicted octanol–water partition coefficient (Wildman–Crippen LogP) is 2.52. The second kappa shape index (κ2) is 4.09. The van der Waals surface area contributed by atoms with Crippen LogP contribution in [0.3, 0.4) is 0 Å². The smallest absolute Gasteiger partial charge is 0.311 e. The molecule has 0 unspecified atom stereocenters. The van der Waals surface area contributed by atoms with E-state index in [9.17, 15) is 9.90 Å². The Morgan fingerprint density at radius 2 is 1.80 bits per heavy atom. The predicted molar refractivity (Wildman–Crippen MR) is 57.6 cm³/mol. The minimum absolute atomic E-state index is 0.517. The van der Waals surface area contributed by atoms with Crippen molar-refractivity contribution in [2.24, 2.45) is 5.41 Å². The number of aromatic nitrogens is 1. The van der Waals surface area contributed by atoms with Crippen molar-refractivity contribution in [1.29, 1.82) is 0 Å². The van der Waals surface area contributed by atoms with Crippen LogP contribution in [0.1, 0.15) is 32.1 Å². The van der Waals surface area contributed by atoms with Crippen LogP contribution >= 0.6 is 0 Å². The maximum absolute atomic E-state index is 11.4. The molecule has 0 radical (unpaired) electrons. The summed E-state index contributed by atoms with van der Waals surface area (Å²) in [5, 5.41) is 9.37. The van der Waals surface area contributed by atoms with Gasteiger partial charge < -0.3 is 9.67 Å². The molecule has 82 valence electrons. The van der Waals surface area contributed by atoms with Gasteiger partial charge in [-0.3, -0.25) is 4.79 Å². The first-order chi connectivity index (χ1) is 7.23. The molecule has 0 saturated heterocycles. The van der Waals surface area contributed by atoms with Crippen molar-refractivity contribution in [3.8, 4) is 0 Å². The third-order valence-corrected chi connectivity index (χ3v) is 3.42. The summed E-state index contributed by atoms with van der Waals surface area (Å²) in [6, 6.07) is 3.89. The van der Waals surface area contributed by atoms with E-state index in [1.54, 1.807) is 0 Å². The average molecular weight is 207 g/mol. The first kappa shape index (κ1) is 10.3. The molecule has 1 saturated carbocycles. The lowest BCUT2D eigenvalue weighted by molar-refractivity contribution is -0.152. The number of hydrogen-bond acceptors (Lipinski definition) is 1. The molecule has 1 aliphatic carbocycles. The van der Waals surface area contributed by atoms with Gasteiger partial charge >= 0.3 is 5.97 Å². The number of nitrogens with zero attached hydrogens (tertiary/aromatic N) is 1.